The Morgan fingerprint density at radius 1 is 0.694 bits per heavy atom. The van der Waals surface area contributed by atoms with Gasteiger partial charge in [0.1, 0.15) is 30.7 Å². The fourth-order valence-electron chi connectivity index (χ4n) is 13.2. The van der Waals surface area contributed by atoms with Crippen LogP contribution in [0.25, 0.3) is 0 Å². The second kappa shape index (κ2) is 17.6. The molecule has 10 heterocycles. The lowest BCUT2D eigenvalue weighted by molar-refractivity contribution is -0.316. The third kappa shape index (κ3) is 8.71. The molecule has 0 aromatic heterocycles. The van der Waals surface area contributed by atoms with E-state index >= 15 is 0 Å². The molecule has 8 fully saturated rings. The quantitative estimate of drug-likeness (QED) is 0.155. The van der Waals surface area contributed by atoms with Crippen molar-refractivity contribution in [3.63, 3.8) is 0 Å². The Hall–Kier alpha value is -2.04. The molecule has 10 rings (SSSR count). The lowest BCUT2D eigenvalue weighted by Gasteiger charge is -2.55. The summed E-state index contributed by atoms with van der Waals surface area (Å²) in [5.74, 6) is 0.336. The Labute approximate surface area is 366 Å². The van der Waals surface area contributed by atoms with E-state index in [1.165, 1.54) is 0 Å². The smallest absolute Gasteiger partial charge is 0.308 e. The second-order valence-corrected chi connectivity index (χ2v) is 21.2. The van der Waals surface area contributed by atoms with Crippen LogP contribution in [0.1, 0.15) is 124 Å². The topological polar surface area (TPSA) is 147 Å². The maximum atomic E-state index is 12.3. The molecule has 0 spiro atoms. The summed E-state index contributed by atoms with van der Waals surface area (Å²) in [6.45, 7) is 12.7. The molecule has 1 N–H and O–H groups in total. The van der Waals surface area contributed by atoms with Crippen molar-refractivity contribution in [2.75, 3.05) is 0 Å². The third-order valence-electron chi connectivity index (χ3n) is 16.2. The van der Waals surface area contributed by atoms with Gasteiger partial charge in [0.15, 0.2) is 0 Å². The van der Waals surface area contributed by atoms with Crippen LogP contribution in [0.2, 0.25) is 0 Å². The van der Waals surface area contributed by atoms with Crippen LogP contribution in [-0.4, -0.2) is 138 Å². The molecule has 13 nitrogen and oxygen atoms in total. The first-order chi connectivity index (χ1) is 29.8. The van der Waals surface area contributed by atoms with E-state index in [1.54, 1.807) is 0 Å². The molecule has 0 radical (unpaired) electrons. The van der Waals surface area contributed by atoms with Crippen LogP contribution in [0.15, 0.2) is 36.5 Å². The van der Waals surface area contributed by atoms with E-state index in [4.69, 9.17) is 47.4 Å². The van der Waals surface area contributed by atoms with Gasteiger partial charge in [-0.3, -0.25) is 9.59 Å². The minimum atomic E-state index is -0.697. The van der Waals surface area contributed by atoms with Gasteiger partial charge in [-0.25, -0.2) is 0 Å². The highest BCUT2D eigenvalue weighted by molar-refractivity contribution is 5.72. The van der Waals surface area contributed by atoms with Crippen molar-refractivity contribution in [3.05, 3.63) is 36.5 Å². The fraction of sp³-hybridized carbons (Fsp3) is 0.837. The van der Waals surface area contributed by atoms with Crippen LogP contribution in [0.4, 0.5) is 0 Å². The van der Waals surface area contributed by atoms with E-state index in [2.05, 4.69) is 58.6 Å². The fourth-order valence-corrected chi connectivity index (χ4v) is 13.2. The molecular weight excluding hydrogens is 797 g/mol. The van der Waals surface area contributed by atoms with Gasteiger partial charge >= 0.3 is 5.97 Å². The van der Waals surface area contributed by atoms with E-state index in [9.17, 15) is 14.7 Å². The lowest BCUT2D eigenvalue weighted by atomic mass is 9.78. The zero-order valence-electron chi connectivity index (χ0n) is 37.1. The summed E-state index contributed by atoms with van der Waals surface area (Å²) in [6.07, 6.45) is 15.7. The first-order valence-corrected chi connectivity index (χ1v) is 24.1. The molecular formula is C49H70O13. The SMILES string of the molecule is C=C(C=O)C[C@H]1C[C@@H](O)[C@@H]2O[C@@H]3C[C@]4(C)O[C@@H]5C=CC[C@H]6O[C@H]7[C@H](C)C[C@@H]8O[C@@]9(C)C[C@H](C)C[C@@H]%10OC(=O)C[C@H]%10O[C@@H]9C[C@H]8O[C@@H]7C/C=C\C[C@H]6O[C@@H]5CCC[C@@H]4O[C@@H]3C[C@H]2O1. The average molecular weight is 867 g/mol. The van der Waals surface area contributed by atoms with Crippen LogP contribution in [0, 0.1) is 11.8 Å². The standard InChI is InChI=1S/C49H70O13/c1-26-17-36-39(22-45(52)58-36)57-44-21-38-40(62-48(44,4)23-26)18-28(3)46-35(55-38)11-7-6-10-31-32(59-46)12-8-14-34-33(54-31)13-9-15-43-49(5,61-34)24-42-37(56-43)20-41-47(60-42)30(51)19-29(53-41)16-27(2)25-50/h6-8,14,25-26,28-44,46-47,51H,2,9-13,15-24H2,1,3-5H3/b7-6-,14-8?/t26-,28-,29+,30-,31-,32-,33-,34-,35-,36+,37-,38-,39-,40+,41-,42-,43+,44-,46+,47+,48+,49+/m1/s1. The Kier molecular flexibility index (Phi) is 12.5. The highest BCUT2D eigenvalue weighted by atomic mass is 16.6. The molecule has 0 bridgehead atoms. The molecule has 62 heavy (non-hydrogen) atoms. The van der Waals surface area contributed by atoms with Gasteiger partial charge in [0.05, 0.1) is 103 Å². The van der Waals surface area contributed by atoms with Crippen molar-refractivity contribution < 1.29 is 62.1 Å². The van der Waals surface area contributed by atoms with Crippen LogP contribution >= 0.6 is 0 Å². The van der Waals surface area contributed by atoms with Gasteiger partial charge in [-0.05, 0) is 89.0 Å². The number of rotatable bonds is 3. The molecule has 10 aliphatic heterocycles. The van der Waals surface area contributed by atoms with E-state index in [-0.39, 0.29) is 110 Å². The Balaban J connectivity index is 0.817. The van der Waals surface area contributed by atoms with Crippen molar-refractivity contribution in [2.24, 2.45) is 11.8 Å². The van der Waals surface area contributed by atoms with Crippen molar-refractivity contribution >= 4 is 12.3 Å². The first-order valence-electron chi connectivity index (χ1n) is 24.1. The molecule has 0 aromatic carbocycles. The van der Waals surface area contributed by atoms with E-state index < -0.39 is 23.4 Å². The highest BCUT2D eigenvalue weighted by Gasteiger charge is 2.57. The normalized spacial score (nSPS) is 53.3. The van der Waals surface area contributed by atoms with E-state index in [0.717, 1.165) is 57.7 Å². The predicted molar refractivity (Wildman–Crippen MR) is 224 cm³/mol. The Bertz CT molecular complexity index is 1720. The van der Waals surface area contributed by atoms with Crippen LogP contribution < -0.4 is 0 Å². The maximum absolute atomic E-state index is 12.3. The van der Waals surface area contributed by atoms with Crippen molar-refractivity contribution in [3.8, 4) is 0 Å². The minimum absolute atomic E-state index is 0.0861. The predicted octanol–water partition coefficient (Wildman–Crippen LogP) is 5.95. The summed E-state index contributed by atoms with van der Waals surface area (Å²) in [6, 6.07) is 0. The monoisotopic (exact) mass is 866 g/mol. The first kappa shape index (κ1) is 43.8. The van der Waals surface area contributed by atoms with Gasteiger partial charge in [-0.2, -0.15) is 0 Å². The molecule has 10 aliphatic rings. The number of esters is 1. The Morgan fingerprint density at radius 3 is 2.26 bits per heavy atom. The zero-order valence-corrected chi connectivity index (χ0v) is 37.1. The molecule has 0 unspecified atom stereocenters. The van der Waals surface area contributed by atoms with Crippen LogP contribution in [-0.2, 0) is 57.0 Å². The summed E-state index contributed by atoms with van der Waals surface area (Å²) in [7, 11) is 0. The molecule has 0 saturated carbocycles. The van der Waals surface area contributed by atoms with Gasteiger partial charge in [-0.15, -0.1) is 0 Å². The molecule has 0 aromatic rings. The number of aliphatic hydroxyl groups is 1. The molecule has 344 valence electrons. The highest BCUT2D eigenvalue weighted by Crippen LogP contribution is 2.48. The summed E-state index contributed by atoms with van der Waals surface area (Å²) in [5, 5.41) is 11.2. The number of carbonyl (C=O) groups excluding carboxylic acids is 2. The van der Waals surface area contributed by atoms with Gasteiger partial charge in [0.25, 0.3) is 0 Å². The summed E-state index contributed by atoms with van der Waals surface area (Å²) >= 11 is 0. The summed E-state index contributed by atoms with van der Waals surface area (Å²) < 4.78 is 68.1. The van der Waals surface area contributed by atoms with Gasteiger partial charge in [-0.1, -0.05) is 44.7 Å². The van der Waals surface area contributed by atoms with Crippen molar-refractivity contribution in [2.45, 2.75) is 245 Å². The number of fused-ring (bicyclic) bond motifs is 9. The number of aldehydes is 1. The number of hydrogen-bond donors (Lipinski definition) is 1. The van der Waals surface area contributed by atoms with E-state index in [0.29, 0.717) is 56.4 Å². The largest absolute Gasteiger partial charge is 0.459 e. The van der Waals surface area contributed by atoms with Crippen LogP contribution in [0.5, 0.6) is 0 Å². The maximum Gasteiger partial charge on any atom is 0.308 e. The van der Waals surface area contributed by atoms with E-state index in [1.807, 2.05) is 0 Å². The summed E-state index contributed by atoms with van der Waals surface area (Å²) in [5.41, 5.74) is -0.638. The van der Waals surface area contributed by atoms with Crippen LogP contribution in [0.3, 0.4) is 0 Å². The Morgan fingerprint density at radius 2 is 1.42 bits per heavy atom. The molecule has 0 aliphatic carbocycles. The number of aliphatic hydroxyl groups excluding tert-OH is 1. The number of ether oxygens (including phenoxy) is 10. The number of carbonyl (C=O) groups is 2. The number of hydrogen-bond acceptors (Lipinski definition) is 13. The van der Waals surface area contributed by atoms with Crippen molar-refractivity contribution in [1.29, 1.82) is 0 Å². The molecule has 0 amide bonds. The van der Waals surface area contributed by atoms with Gasteiger partial charge < -0.3 is 52.5 Å². The lowest BCUT2D eigenvalue weighted by Crippen LogP contribution is -2.65. The average Bonchev–Trinajstić information content (AvgIpc) is 3.52. The summed E-state index contributed by atoms with van der Waals surface area (Å²) in [4.78, 5) is 23.6. The molecule has 22 atom stereocenters. The molecule has 13 heteroatoms. The zero-order chi connectivity index (χ0) is 42.9. The van der Waals surface area contributed by atoms with Gasteiger partial charge in [0, 0.05) is 32.1 Å². The minimum Gasteiger partial charge on any atom is -0.459 e. The molecule has 8 saturated heterocycles. The van der Waals surface area contributed by atoms with Crippen molar-refractivity contribution in [1.82, 2.24) is 0 Å². The van der Waals surface area contributed by atoms with Gasteiger partial charge in [0.2, 0.25) is 0 Å². The second-order valence-electron chi connectivity index (χ2n) is 21.2. The third-order valence-corrected chi connectivity index (χ3v) is 16.2.